The number of Topliss-reactive ketones (excluding diaryl/α,β-unsaturated/α-hetero) is 1. The van der Waals surface area contributed by atoms with E-state index in [0.717, 1.165) is 5.56 Å². The Balaban J connectivity index is 2.52. The van der Waals surface area contributed by atoms with Gasteiger partial charge >= 0.3 is 0 Å². The molecule has 1 aliphatic rings. The Hall–Kier alpha value is -1.89. The van der Waals surface area contributed by atoms with Crippen LogP contribution in [0.2, 0.25) is 0 Å². The second-order valence-electron chi connectivity index (χ2n) is 6.06. The van der Waals surface area contributed by atoms with Crippen molar-refractivity contribution >= 4 is 5.78 Å². The summed E-state index contributed by atoms with van der Waals surface area (Å²) in [6, 6.07) is 3.29. The van der Waals surface area contributed by atoms with E-state index in [0.29, 0.717) is 11.3 Å². The van der Waals surface area contributed by atoms with Gasteiger partial charge in [-0.25, -0.2) is 0 Å². The molecule has 0 heterocycles. The van der Waals surface area contributed by atoms with Crippen LogP contribution in [-0.4, -0.2) is 46.0 Å². The zero-order chi connectivity index (χ0) is 17.5. The first-order chi connectivity index (χ1) is 10.6. The number of aliphatic hydroxyl groups excluding tert-OH is 2. The van der Waals surface area contributed by atoms with Gasteiger partial charge in [-0.15, -0.1) is 0 Å². The zero-order valence-electron chi connectivity index (χ0n) is 13.9. The van der Waals surface area contributed by atoms with E-state index in [2.05, 4.69) is 0 Å². The van der Waals surface area contributed by atoms with E-state index in [1.54, 1.807) is 26.0 Å². The molecule has 3 atom stereocenters. The average Bonchev–Trinajstić information content (AvgIpc) is 2.52. The quantitative estimate of drug-likeness (QED) is 0.778. The summed E-state index contributed by atoms with van der Waals surface area (Å²) in [7, 11) is 1.31. The Kier molecular flexibility index (Phi) is 4.52. The summed E-state index contributed by atoms with van der Waals surface area (Å²) in [6.45, 7) is 6.38. The SMILES string of the molecule is CO[C@]1(C)[C@H](O)C(Oc2cc(C)cc(O)c2C)=C(C)C(=O)[C@@H]1O. The molecule has 0 saturated carbocycles. The fourth-order valence-corrected chi connectivity index (χ4v) is 2.59. The minimum Gasteiger partial charge on any atom is -0.508 e. The standard InChI is InChI=1S/C17H22O6/c1-8-6-11(18)9(2)12(7-8)23-14-10(3)13(19)15(20)17(4,22-5)16(14)21/h6-7,15-16,18,20-21H,1-5H3/t15-,16+,17-/m0/s1. The molecule has 0 amide bonds. The van der Waals surface area contributed by atoms with Crippen molar-refractivity contribution in [3.8, 4) is 11.5 Å². The van der Waals surface area contributed by atoms with Crippen molar-refractivity contribution in [2.75, 3.05) is 7.11 Å². The maximum Gasteiger partial charge on any atom is 0.193 e. The van der Waals surface area contributed by atoms with Crippen LogP contribution < -0.4 is 4.74 Å². The molecular formula is C17H22O6. The smallest absolute Gasteiger partial charge is 0.193 e. The first-order valence-corrected chi connectivity index (χ1v) is 7.27. The van der Waals surface area contributed by atoms with Crippen LogP contribution in [-0.2, 0) is 9.53 Å². The van der Waals surface area contributed by atoms with Crippen LogP contribution in [0.1, 0.15) is 25.0 Å². The normalized spacial score (nSPS) is 28.2. The van der Waals surface area contributed by atoms with Gasteiger partial charge in [0.15, 0.2) is 5.78 Å². The van der Waals surface area contributed by atoms with E-state index < -0.39 is 23.6 Å². The molecule has 3 N–H and O–H groups in total. The predicted octanol–water partition coefficient (Wildman–Crippen LogP) is 1.37. The number of carbonyl (C=O) groups is 1. The monoisotopic (exact) mass is 322 g/mol. The number of hydrogen-bond acceptors (Lipinski definition) is 6. The van der Waals surface area contributed by atoms with Crippen LogP contribution in [0.15, 0.2) is 23.5 Å². The molecule has 2 rings (SSSR count). The molecule has 1 aliphatic carbocycles. The molecule has 0 bridgehead atoms. The van der Waals surface area contributed by atoms with E-state index in [4.69, 9.17) is 9.47 Å². The average molecular weight is 322 g/mol. The minimum atomic E-state index is -1.51. The predicted molar refractivity (Wildman–Crippen MR) is 83.3 cm³/mol. The third-order valence-electron chi connectivity index (χ3n) is 4.46. The summed E-state index contributed by atoms with van der Waals surface area (Å²) < 4.78 is 10.9. The Bertz CT molecular complexity index is 678. The van der Waals surface area contributed by atoms with Gasteiger partial charge in [0.1, 0.15) is 35.1 Å². The highest BCUT2D eigenvalue weighted by Crippen LogP contribution is 2.37. The fourth-order valence-electron chi connectivity index (χ4n) is 2.59. The molecule has 23 heavy (non-hydrogen) atoms. The van der Waals surface area contributed by atoms with E-state index in [-0.39, 0.29) is 17.1 Å². The Morgan fingerprint density at radius 1 is 1.13 bits per heavy atom. The number of ketones is 1. The Morgan fingerprint density at radius 2 is 1.74 bits per heavy atom. The number of methoxy groups -OCH3 is 1. The molecule has 0 aliphatic heterocycles. The molecule has 0 unspecified atom stereocenters. The van der Waals surface area contributed by atoms with Crippen LogP contribution in [0.25, 0.3) is 0 Å². The second-order valence-corrected chi connectivity index (χ2v) is 6.06. The lowest BCUT2D eigenvalue weighted by Crippen LogP contribution is -2.59. The number of carbonyl (C=O) groups excluding carboxylic acids is 1. The molecular weight excluding hydrogens is 300 g/mol. The summed E-state index contributed by atoms with van der Waals surface area (Å²) in [5.41, 5.74) is -0.126. The number of phenolic OH excluding ortho intramolecular Hbond substituents is 1. The van der Waals surface area contributed by atoms with Crippen LogP contribution in [0.4, 0.5) is 0 Å². The lowest BCUT2D eigenvalue weighted by molar-refractivity contribution is -0.170. The highest BCUT2D eigenvalue weighted by Gasteiger charge is 2.52. The lowest BCUT2D eigenvalue weighted by atomic mass is 9.80. The maximum atomic E-state index is 12.2. The number of aromatic hydroxyl groups is 1. The van der Waals surface area contributed by atoms with Gasteiger partial charge in [0, 0.05) is 18.2 Å². The number of aliphatic hydroxyl groups is 2. The molecule has 0 radical (unpaired) electrons. The third-order valence-corrected chi connectivity index (χ3v) is 4.46. The fraction of sp³-hybridized carbons (Fsp3) is 0.471. The van der Waals surface area contributed by atoms with Gasteiger partial charge in [-0.05, 0) is 45.4 Å². The number of benzene rings is 1. The zero-order valence-corrected chi connectivity index (χ0v) is 13.9. The molecule has 6 heteroatoms. The highest BCUT2D eigenvalue weighted by molar-refractivity contribution is 6.01. The van der Waals surface area contributed by atoms with Gasteiger partial charge in [-0.3, -0.25) is 4.79 Å². The lowest BCUT2D eigenvalue weighted by Gasteiger charge is -2.41. The van der Waals surface area contributed by atoms with Gasteiger partial charge in [0.2, 0.25) is 0 Å². The van der Waals surface area contributed by atoms with Crippen LogP contribution in [0.5, 0.6) is 11.5 Å². The van der Waals surface area contributed by atoms with E-state index >= 15 is 0 Å². The molecule has 0 aromatic heterocycles. The summed E-state index contributed by atoms with van der Waals surface area (Å²) in [5, 5.41) is 30.5. The summed E-state index contributed by atoms with van der Waals surface area (Å²) >= 11 is 0. The van der Waals surface area contributed by atoms with Crippen molar-refractivity contribution in [1.82, 2.24) is 0 Å². The summed E-state index contributed by atoms with van der Waals surface area (Å²) in [6.07, 6.45) is -2.82. The number of ether oxygens (including phenoxy) is 2. The van der Waals surface area contributed by atoms with Gasteiger partial charge < -0.3 is 24.8 Å². The number of aryl methyl sites for hydroxylation is 1. The number of rotatable bonds is 3. The van der Waals surface area contributed by atoms with Crippen LogP contribution in [0.3, 0.4) is 0 Å². The number of hydrogen-bond donors (Lipinski definition) is 3. The molecule has 0 saturated heterocycles. The topological polar surface area (TPSA) is 96.2 Å². The Morgan fingerprint density at radius 3 is 2.30 bits per heavy atom. The first kappa shape index (κ1) is 17.5. The molecule has 0 spiro atoms. The molecule has 6 nitrogen and oxygen atoms in total. The van der Waals surface area contributed by atoms with Crippen molar-refractivity contribution in [2.45, 2.75) is 45.5 Å². The largest absolute Gasteiger partial charge is 0.508 e. The third kappa shape index (κ3) is 2.73. The van der Waals surface area contributed by atoms with Crippen molar-refractivity contribution in [3.63, 3.8) is 0 Å². The van der Waals surface area contributed by atoms with Crippen molar-refractivity contribution in [3.05, 3.63) is 34.6 Å². The minimum absolute atomic E-state index is 0.0118. The van der Waals surface area contributed by atoms with Gasteiger partial charge in [0.25, 0.3) is 0 Å². The summed E-state index contributed by atoms with van der Waals surface area (Å²) in [4.78, 5) is 12.2. The molecule has 1 aromatic carbocycles. The second kappa shape index (κ2) is 5.96. The Labute approximate surface area is 135 Å². The molecule has 0 fully saturated rings. The molecule has 126 valence electrons. The van der Waals surface area contributed by atoms with Crippen molar-refractivity contribution in [2.24, 2.45) is 0 Å². The van der Waals surface area contributed by atoms with Crippen molar-refractivity contribution < 1.29 is 29.6 Å². The molecule has 1 aromatic rings. The van der Waals surface area contributed by atoms with Gasteiger partial charge in [0.05, 0.1) is 0 Å². The van der Waals surface area contributed by atoms with Gasteiger partial charge in [-0.2, -0.15) is 0 Å². The van der Waals surface area contributed by atoms with Gasteiger partial charge in [-0.1, -0.05) is 0 Å². The van der Waals surface area contributed by atoms with E-state index in [1.807, 2.05) is 0 Å². The van der Waals surface area contributed by atoms with Crippen LogP contribution in [0, 0.1) is 13.8 Å². The first-order valence-electron chi connectivity index (χ1n) is 7.27. The maximum absolute atomic E-state index is 12.2. The summed E-state index contributed by atoms with van der Waals surface area (Å²) in [5.74, 6) is -0.162. The highest BCUT2D eigenvalue weighted by atomic mass is 16.5. The van der Waals surface area contributed by atoms with E-state index in [1.165, 1.54) is 21.0 Å². The van der Waals surface area contributed by atoms with Crippen molar-refractivity contribution in [1.29, 1.82) is 0 Å². The number of phenols is 1. The van der Waals surface area contributed by atoms with Crippen LogP contribution >= 0.6 is 0 Å². The van der Waals surface area contributed by atoms with E-state index in [9.17, 15) is 20.1 Å².